The number of nitrogens with one attached hydrogen (secondary N) is 2. The third-order valence-corrected chi connectivity index (χ3v) is 5.66. The number of hydrogen-bond acceptors (Lipinski definition) is 3. The van der Waals surface area contributed by atoms with Crippen molar-refractivity contribution in [3.8, 4) is 0 Å². The van der Waals surface area contributed by atoms with Gasteiger partial charge in [-0.3, -0.25) is 0 Å². The minimum atomic E-state index is 0.299. The van der Waals surface area contributed by atoms with Crippen molar-refractivity contribution in [3.63, 3.8) is 0 Å². The average Bonchev–Trinajstić information content (AvgIpc) is 2.36. The number of rotatable bonds is 8. The topological polar surface area (TPSA) is 44.3 Å². The maximum atomic E-state index is 8.71. The van der Waals surface area contributed by atoms with Gasteiger partial charge < -0.3 is 15.7 Å². The van der Waals surface area contributed by atoms with Gasteiger partial charge in [0.1, 0.15) is 0 Å². The Hall–Kier alpha value is -0.120. The van der Waals surface area contributed by atoms with Crippen LogP contribution in [0.1, 0.15) is 44.9 Å². The summed E-state index contributed by atoms with van der Waals surface area (Å²) in [6.45, 7) is 4.60. The van der Waals surface area contributed by atoms with Crippen molar-refractivity contribution in [2.45, 2.75) is 44.9 Å². The highest BCUT2D eigenvalue weighted by molar-refractivity contribution is 5.02. The van der Waals surface area contributed by atoms with Gasteiger partial charge in [-0.2, -0.15) is 0 Å². The fourth-order valence-corrected chi connectivity index (χ4v) is 5.37. The first-order valence-electron chi connectivity index (χ1n) is 8.32. The van der Waals surface area contributed by atoms with E-state index in [9.17, 15) is 0 Å². The molecule has 0 aromatic carbocycles. The van der Waals surface area contributed by atoms with E-state index < -0.39 is 0 Å². The van der Waals surface area contributed by atoms with Crippen molar-refractivity contribution in [1.82, 2.24) is 10.6 Å². The molecule has 0 radical (unpaired) electrons. The van der Waals surface area contributed by atoms with E-state index in [1.807, 2.05) is 0 Å². The van der Waals surface area contributed by atoms with Crippen molar-refractivity contribution in [1.29, 1.82) is 0 Å². The molecular formula is C16H30N2O. The van der Waals surface area contributed by atoms with Crippen LogP contribution in [0.15, 0.2) is 0 Å². The summed E-state index contributed by atoms with van der Waals surface area (Å²) in [5.74, 6) is 3.20. The predicted molar refractivity (Wildman–Crippen MR) is 78.0 cm³/mol. The molecule has 0 spiro atoms. The Morgan fingerprint density at radius 3 is 2.00 bits per heavy atom. The Labute approximate surface area is 117 Å². The van der Waals surface area contributed by atoms with Crippen LogP contribution in [-0.4, -0.2) is 37.9 Å². The lowest BCUT2D eigenvalue weighted by Crippen LogP contribution is -2.50. The number of aliphatic hydroxyl groups excluding tert-OH is 1. The Morgan fingerprint density at radius 2 is 1.42 bits per heavy atom. The second kappa shape index (κ2) is 6.11. The Kier molecular flexibility index (Phi) is 4.45. The molecule has 4 fully saturated rings. The Balaban J connectivity index is 1.36. The summed E-state index contributed by atoms with van der Waals surface area (Å²) in [6.07, 6.45) is 10.0. The van der Waals surface area contributed by atoms with Crippen LogP contribution in [0.5, 0.6) is 0 Å². The largest absolute Gasteiger partial charge is 0.396 e. The second-order valence-electron chi connectivity index (χ2n) is 7.42. The summed E-state index contributed by atoms with van der Waals surface area (Å²) in [4.78, 5) is 0. The van der Waals surface area contributed by atoms with Crippen LogP contribution in [0.2, 0.25) is 0 Å². The van der Waals surface area contributed by atoms with E-state index >= 15 is 0 Å². The van der Waals surface area contributed by atoms with Crippen LogP contribution in [0.3, 0.4) is 0 Å². The second-order valence-corrected chi connectivity index (χ2v) is 7.42. The van der Waals surface area contributed by atoms with Gasteiger partial charge in [-0.1, -0.05) is 0 Å². The highest BCUT2D eigenvalue weighted by Gasteiger charge is 2.50. The molecule has 3 nitrogen and oxygen atoms in total. The molecular weight excluding hydrogens is 236 g/mol. The van der Waals surface area contributed by atoms with Gasteiger partial charge in [0.05, 0.1) is 0 Å². The molecule has 0 unspecified atom stereocenters. The van der Waals surface area contributed by atoms with Crippen molar-refractivity contribution in [3.05, 3.63) is 0 Å². The zero-order chi connectivity index (χ0) is 13.1. The van der Waals surface area contributed by atoms with E-state index in [2.05, 4.69) is 10.6 Å². The summed E-state index contributed by atoms with van der Waals surface area (Å²) in [5, 5.41) is 15.8. The van der Waals surface area contributed by atoms with Gasteiger partial charge in [-0.05, 0) is 74.7 Å². The molecule has 0 aromatic heterocycles. The van der Waals surface area contributed by atoms with Gasteiger partial charge in [-0.25, -0.2) is 0 Å². The predicted octanol–water partition coefficient (Wildman–Crippen LogP) is 1.76. The molecule has 4 saturated carbocycles. The fourth-order valence-electron chi connectivity index (χ4n) is 5.37. The van der Waals surface area contributed by atoms with Gasteiger partial charge in [-0.15, -0.1) is 0 Å². The summed E-state index contributed by atoms with van der Waals surface area (Å²) >= 11 is 0. The smallest absolute Gasteiger partial charge is 0.0443 e. The molecule has 0 amide bonds. The maximum Gasteiger partial charge on any atom is 0.0443 e. The molecule has 0 saturated heterocycles. The molecule has 0 aromatic rings. The molecule has 3 N–H and O–H groups in total. The molecule has 3 heteroatoms. The molecule has 0 heterocycles. The van der Waals surface area contributed by atoms with Crippen LogP contribution in [0.25, 0.3) is 0 Å². The highest BCUT2D eigenvalue weighted by Crippen LogP contribution is 2.59. The average molecular weight is 266 g/mol. The number of aliphatic hydroxyl groups is 1. The van der Waals surface area contributed by atoms with Crippen LogP contribution < -0.4 is 10.6 Å². The van der Waals surface area contributed by atoms with E-state index in [0.717, 1.165) is 43.8 Å². The lowest BCUT2D eigenvalue weighted by atomic mass is 9.49. The molecule has 4 bridgehead atoms. The first kappa shape index (κ1) is 13.8. The summed E-state index contributed by atoms with van der Waals surface area (Å²) in [5.41, 5.74) is 0.667. The quantitative estimate of drug-likeness (QED) is 0.587. The summed E-state index contributed by atoms with van der Waals surface area (Å²) < 4.78 is 0. The highest BCUT2D eigenvalue weighted by atomic mass is 16.3. The molecule has 19 heavy (non-hydrogen) atoms. The number of hydrogen-bond donors (Lipinski definition) is 3. The van der Waals surface area contributed by atoms with Crippen LogP contribution in [0, 0.1) is 23.2 Å². The van der Waals surface area contributed by atoms with Crippen LogP contribution >= 0.6 is 0 Å². The van der Waals surface area contributed by atoms with E-state index in [4.69, 9.17) is 5.11 Å². The molecule has 4 aliphatic carbocycles. The summed E-state index contributed by atoms with van der Waals surface area (Å²) in [7, 11) is 0. The fraction of sp³-hybridized carbons (Fsp3) is 1.00. The molecule has 4 rings (SSSR count). The standard InChI is InChI=1S/C16H30N2O/c19-5-1-2-17-3-4-18-12-16-9-13-6-14(10-16)8-15(7-13)11-16/h13-15,17-19H,1-12H2. The monoisotopic (exact) mass is 266 g/mol. The zero-order valence-corrected chi connectivity index (χ0v) is 12.2. The minimum absolute atomic E-state index is 0.299. The van der Waals surface area contributed by atoms with E-state index in [0.29, 0.717) is 12.0 Å². The molecule has 0 atom stereocenters. The van der Waals surface area contributed by atoms with E-state index in [1.165, 1.54) is 25.8 Å². The third kappa shape index (κ3) is 3.32. The van der Waals surface area contributed by atoms with Crippen molar-refractivity contribution in [2.75, 3.05) is 32.8 Å². The zero-order valence-electron chi connectivity index (χ0n) is 12.2. The SMILES string of the molecule is OCCCNCCNCC12CC3CC(CC(C3)C1)C2. The van der Waals surface area contributed by atoms with Crippen molar-refractivity contribution >= 4 is 0 Å². The molecule has 110 valence electrons. The third-order valence-electron chi connectivity index (χ3n) is 5.66. The lowest BCUT2D eigenvalue weighted by molar-refractivity contribution is -0.0511. The molecule has 0 aliphatic heterocycles. The maximum absolute atomic E-state index is 8.71. The lowest BCUT2D eigenvalue weighted by Gasteiger charge is -2.57. The van der Waals surface area contributed by atoms with Gasteiger partial charge >= 0.3 is 0 Å². The minimum Gasteiger partial charge on any atom is -0.396 e. The normalized spacial score (nSPS) is 39.9. The summed E-state index contributed by atoms with van der Waals surface area (Å²) in [6, 6.07) is 0. The van der Waals surface area contributed by atoms with Crippen molar-refractivity contribution in [2.24, 2.45) is 23.2 Å². The van der Waals surface area contributed by atoms with Crippen LogP contribution in [-0.2, 0) is 0 Å². The van der Waals surface area contributed by atoms with E-state index in [1.54, 1.807) is 19.3 Å². The van der Waals surface area contributed by atoms with Gasteiger partial charge in [0, 0.05) is 26.2 Å². The Morgan fingerprint density at radius 1 is 0.842 bits per heavy atom. The molecule has 4 aliphatic rings. The van der Waals surface area contributed by atoms with Crippen molar-refractivity contribution < 1.29 is 5.11 Å². The van der Waals surface area contributed by atoms with Crippen LogP contribution in [0.4, 0.5) is 0 Å². The van der Waals surface area contributed by atoms with E-state index in [-0.39, 0.29) is 0 Å². The van der Waals surface area contributed by atoms with Gasteiger partial charge in [0.25, 0.3) is 0 Å². The Bertz CT molecular complexity index is 257. The first-order chi connectivity index (χ1) is 9.30. The van der Waals surface area contributed by atoms with Gasteiger partial charge in [0.15, 0.2) is 0 Å². The van der Waals surface area contributed by atoms with Gasteiger partial charge in [0.2, 0.25) is 0 Å². The first-order valence-corrected chi connectivity index (χ1v) is 8.32.